The van der Waals surface area contributed by atoms with Crippen LogP contribution in [-0.4, -0.2) is 24.5 Å². The van der Waals surface area contributed by atoms with Gasteiger partial charge >= 0.3 is 0 Å². The first-order valence-electron chi connectivity index (χ1n) is 6.01. The minimum absolute atomic E-state index is 1.02. The first-order valence-corrected chi connectivity index (χ1v) is 6.01. The summed E-state index contributed by atoms with van der Waals surface area (Å²) in [5, 5.41) is 3.39. The molecule has 1 N–H and O–H groups in total. The molecule has 0 bridgehead atoms. The maximum atomic E-state index is 4.07. The highest BCUT2D eigenvalue weighted by Crippen LogP contribution is 2.04. The molecule has 0 radical (unpaired) electrons. The first-order chi connectivity index (χ1) is 7.15. The fourth-order valence-corrected chi connectivity index (χ4v) is 1.48. The number of rotatable bonds is 8. The van der Waals surface area contributed by atoms with Gasteiger partial charge in [-0.1, -0.05) is 19.9 Å². The van der Waals surface area contributed by atoms with E-state index in [4.69, 9.17) is 0 Å². The Morgan fingerprint density at radius 2 is 1.87 bits per heavy atom. The zero-order chi connectivity index (χ0) is 11.7. The van der Waals surface area contributed by atoms with E-state index >= 15 is 0 Å². The molecule has 0 rings (SSSR count). The molecule has 0 spiro atoms. The van der Waals surface area contributed by atoms with Crippen molar-refractivity contribution in [2.24, 2.45) is 0 Å². The van der Waals surface area contributed by atoms with Gasteiger partial charge in [-0.3, -0.25) is 0 Å². The minimum Gasteiger partial charge on any atom is -0.389 e. The first kappa shape index (κ1) is 14.1. The van der Waals surface area contributed by atoms with Gasteiger partial charge in [0.1, 0.15) is 0 Å². The van der Waals surface area contributed by atoms with Gasteiger partial charge in [0.2, 0.25) is 0 Å². The van der Waals surface area contributed by atoms with Gasteiger partial charge in [-0.05, 0) is 33.3 Å². The van der Waals surface area contributed by atoms with Crippen LogP contribution in [0.15, 0.2) is 24.0 Å². The van der Waals surface area contributed by atoms with E-state index in [0.717, 1.165) is 25.3 Å². The van der Waals surface area contributed by atoms with Gasteiger partial charge in [0.25, 0.3) is 0 Å². The summed E-state index contributed by atoms with van der Waals surface area (Å²) in [7, 11) is 0. The molecule has 0 fully saturated rings. The Bertz CT molecular complexity index is 203. The summed E-state index contributed by atoms with van der Waals surface area (Å²) in [6, 6.07) is 0. The normalized spacial score (nSPS) is 11.3. The van der Waals surface area contributed by atoms with Crippen molar-refractivity contribution in [3.05, 3.63) is 24.0 Å². The number of hydrogen-bond donors (Lipinski definition) is 1. The fraction of sp³-hybridized carbons (Fsp3) is 0.692. The van der Waals surface area contributed by atoms with Gasteiger partial charge in [-0.15, -0.1) is 0 Å². The van der Waals surface area contributed by atoms with Crippen LogP contribution in [0.4, 0.5) is 0 Å². The highest BCUT2D eigenvalue weighted by atomic mass is 15.1. The average molecular weight is 210 g/mol. The molecule has 0 saturated carbocycles. The molecule has 0 aliphatic carbocycles. The van der Waals surface area contributed by atoms with E-state index in [0.29, 0.717) is 0 Å². The van der Waals surface area contributed by atoms with Gasteiger partial charge in [-0.25, -0.2) is 0 Å². The van der Waals surface area contributed by atoms with Crippen LogP contribution in [0.1, 0.15) is 40.5 Å². The largest absolute Gasteiger partial charge is 0.389 e. The Morgan fingerprint density at radius 1 is 1.27 bits per heavy atom. The third-order valence-electron chi connectivity index (χ3n) is 2.49. The summed E-state index contributed by atoms with van der Waals surface area (Å²) in [5.74, 6) is 0. The maximum Gasteiger partial charge on any atom is 0.0310 e. The molecule has 0 heterocycles. The van der Waals surface area contributed by atoms with Crippen LogP contribution < -0.4 is 5.32 Å². The van der Waals surface area contributed by atoms with Gasteiger partial charge in [-0.2, -0.15) is 0 Å². The van der Waals surface area contributed by atoms with Gasteiger partial charge in [0.05, 0.1) is 0 Å². The number of nitrogens with one attached hydrogen (secondary N) is 1. The summed E-state index contributed by atoms with van der Waals surface area (Å²) in [5.41, 5.74) is 2.31. The second-order valence-electron chi connectivity index (χ2n) is 3.77. The molecule has 88 valence electrons. The Balaban J connectivity index is 4.04. The lowest BCUT2D eigenvalue weighted by Crippen LogP contribution is -2.21. The van der Waals surface area contributed by atoms with Crippen LogP contribution in [0, 0.1) is 0 Å². The quantitative estimate of drug-likeness (QED) is 0.489. The summed E-state index contributed by atoms with van der Waals surface area (Å²) < 4.78 is 0. The molecule has 0 saturated heterocycles. The highest BCUT2D eigenvalue weighted by Gasteiger charge is 1.99. The van der Waals surface area contributed by atoms with E-state index < -0.39 is 0 Å². The molecular weight excluding hydrogens is 184 g/mol. The number of nitrogens with zero attached hydrogens (tertiary/aromatic N) is 1. The molecule has 15 heavy (non-hydrogen) atoms. The van der Waals surface area contributed by atoms with E-state index in [1.165, 1.54) is 18.5 Å². The van der Waals surface area contributed by atoms with Crippen molar-refractivity contribution in [3.63, 3.8) is 0 Å². The Labute approximate surface area is 95.0 Å². The van der Waals surface area contributed by atoms with Crippen molar-refractivity contribution in [2.75, 3.05) is 19.6 Å². The summed E-state index contributed by atoms with van der Waals surface area (Å²) >= 11 is 0. The van der Waals surface area contributed by atoms with Crippen LogP contribution >= 0.6 is 0 Å². The van der Waals surface area contributed by atoms with Crippen LogP contribution in [0.2, 0.25) is 0 Å². The summed E-state index contributed by atoms with van der Waals surface area (Å²) in [4.78, 5) is 2.25. The lowest BCUT2D eigenvalue weighted by molar-refractivity contribution is 0.395. The Morgan fingerprint density at radius 3 is 2.33 bits per heavy atom. The van der Waals surface area contributed by atoms with Crippen LogP contribution in [0.5, 0.6) is 0 Å². The molecule has 0 amide bonds. The van der Waals surface area contributed by atoms with E-state index in [1.54, 1.807) is 0 Å². The smallest absolute Gasteiger partial charge is 0.0310 e. The van der Waals surface area contributed by atoms with E-state index in [-0.39, 0.29) is 0 Å². The molecule has 0 aliphatic rings. The predicted octanol–water partition coefficient (Wildman–Crippen LogP) is 3.14. The average Bonchev–Trinajstić information content (AvgIpc) is 2.20. The van der Waals surface area contributed by atoms with Crippen molar-refractivity contribution in [2.45, 2.75) is 40.5 Å². The molecule has 0 aromatic carbocycles. The number of hydrogen-bond acceptors (Lipinski definition) is 2. The molecule has 2 nitrogen and oxygen atoms in total. The second-order valence-corrected chi connectivity index (χ2v) is 3.77. The minimum atomic E-state index is 1.02. The Kier molecular flexibility index (Phi) is 7.88. The predicted molar refractivity (Wildman–Crippen MR) is 68.7 cm³/mol. The van der Waals surface area contributed by atoms with Gasteiger partial charge in [0.15, 0.2) is 0 Å². The zero-order valence-electron chi connectivity index (χ0n) is 10.8. The topological polar surface area (TPSA) is 15.3 Å². The molecule has 0 aromatic rings. The third kappa shape index (κ3) is 6.21. The number of unbranched alkanes of at least 4 members (excludes halogenated alkanes) is 1. The lowest BCUT2D eigenvalue weighted by Gasteiger charge is -2.21. The highest BCUT2D eigenvalue weighted by molar-refractivity contribution is 5.17. The van der Waals surface area contributed by atoms with Crippen LogP contribution in [0.25, 0.3) is 0 Å². The molecule has 2 heteroatoms. The standard InChI is InChI=1S/C13H26N2/c1-6-9-10-14-12(4)11-13(5)15(7-2)8-3/h11,14H,5-10H2,1-4H3/b12-11-. The summed E-state index contributed by atoms with van der Waals surface area (Å²) in [6.45, 7) is 15.8. The van der Waals surface area contributed by atoms with E-state index in [9.17, 15) is 0 Å². The third-order valence-corrected chi connectivity index (χ3v) is 2.49. The molecular formula is C13H26N2. The monoisotopic (exact) mass is 210 g/mol. The van der Waals surface area contributed by atoms with Gasteiger partial charge < -0.3 is 10.2 Å². The van der Waals surface area contributed by atoms with E-state index in [1.807, 2.05) is 0 Å². The molecule has 0 aromatic heterocycles. The second kappa shape index (κ2) is 8.39. The zero-order valence-corrected chi connectivity index (χ0v) is 10.8. The Hall–Kier alpha value is -0.920. The van der Waals surface area contributed by atoms with Crippen LogP contribution in [0.3, 0.4) is 0 Å². The van der Waals surface area contributed by atoms with Crippen LogP contribution in [-0.2, 0) is 0 Å². The van der Waals surface area contributed by atoms with Crippen molar-refractivity contribution in [1.82, 2.24) is 10.2 Å². The van der Waals surface area contributed by atoms with E-state index in [2.05, 4.69) is 50.6 Å². The van der Waals surface area contributed by atoms with Crippen molar-refractivity contribution < 1.29 is 0 Å². The fourth-order valence-electron chi connectivity index (χ4n) is 1.48. The number of allylic oxidation sites excluding steroid dienone is 2. The molecule has 0 atom stereocenters. The maximum absolute atomic E-state index is 4.07. The molecule has 0 aliphatic heterocycles. The molecule has 0 unspecified atom stereocenters. The lowest BCUT2D eigenvalue weighted by atomic mass is 10.3. The van der Waals surface area contributed by atoms with Gasteiger partial charge in [0, 0.05) is 31.0 Å². The van der Waals surface area contributed by atoms with Crippen molar-refractivity contribution >= 4 is 0 Å². The SMILES string of the molecule is C=C(/C=C(/C)NCCCC)N(CC)CC. The summed E-state index contributed by atoms with van der Waals surface area (Å²) in [6.07, 6.45) is 4.59. The van der Waals surface area contributed by atoms with Crippen molar-refractivity contribution in [3.8, 4) is 0 Å². The van der Waals surface area contributed by atoms with Crippen molar-refractivity contribution in [1.29, 1.82) is 0 Å². The number of likely N-dealkylation sites (N-methyl/N-ethyl adjacent to an activating group) is 1.